The summed E-state index contributed by atoms with van der Waals surface area (Å²) < 4.78 is 4.52. The topological polar surface area (TPSA) is 46.5 Å². The van der Waals surface area contributed by atoms with E-state index in [1.807, 2.05) is 0 Å². The van der Waals surface area contributed by atoms with Gasteiger partial charge in [0, 0.05) is 0 Å². The van der Waals surface area contributed by atoms with Gasteiger partial charge in [-0.1, -0.05) is 95.0 Å². The summed E-state index contributed by atoms with van der Waals surface area (Å²) in [4.78, 5) is 10.2. The molecule has 25 heavy (non-hydrogen) atoms. The SMILES string of the molecule is CCCCCCC(CCCCCCCCOC(=O)O)c1ccccc1. The van der Waals surface area contributed by atoms with Gasteiger partial charge < -0.3 is 9.84 Å². The Labute approximate surface area is 153 Å². The molecule has 0 spiro atoms. The van der Waals surface area contributed by atoms with Crippen LogP contribution in [-0.2, 0) is 4.74 Å². The van der Waals surface area contributed by atoms with Crippen molar-refractivity contribution in [2.45, 2.75) is 89.9 Å². The number of hydrogen-bond acceptors (Lipinski definition) is 2. The van der Waals surface area contributed by atoms with Gasteiger partial charge in [0.05, 0.1) is 6.61 Å². The van der Waals surface area contributed by atoms with Gasteiger partial charge in [-0.2, -0.15) is 0 Å². The summed E-state index contributed by atoms with van der Waals surface area (Å²) in [5.74, 6) is 0.710. The molecule has 0 radical (unpaired) electrons. The molecule has 142 valence electrons. The average Bonchev–Trinajstić information content (AvgIpc) is 2.62. The van der Waals surface area contributed by atoms with Gasteiger partial charge in [0.25, 0.3) is 0 Å². The Balaban J connectivity index is 2.16. The second kappa shape index (κ2) is 14.8. The fourth-order valence-corrected chi connectivity index (χ4v) is 3.38. The van der Waals surface area contributed by atoms with Crippen molar-refractivity contribution in [2.24, 2.45) is 0 Å². The fraction of sp³-hybridized carbons (Fsp3) is 0.682. The molecule has 0 aliphatic rings. The van der Waals surface area contributed by atoms with E-state index in [0.717, 1.165) is 12.8 Å². The summed E-state index contributed by atoms with van der Waals surface area (Å²) in [5.41, 5.74) is 1.50. The van der Waals surface area contributed by atoms with E-state index in [9.17, 15) is 4.79 Å². The predicted molar refractivity (Wildman–Crippen MR) is 104 cm³/mol. The highest BCUT2D eigenvalue weighted by atomic mass is 16.7. The lowest BCUT2D eigenvalue weighted by Gasteiger charge is -2.17. The van der Waals surface area contributed by atoms with Gasteiger partial charge in [-0.3, -0.25) is 0 Å². The molecule has 0 saturated heterocycles. The largest absolute Gasteiger partial charge is 0.505 e. The van der Waals surface area contributed by atoms with E-state index < -0.39 is 6.16 Å². The lowest BCUT2D eigenvalue weighted by Crippen LogP contribution is -2.01. The van der Waals surface area contributed by atoms with Crippen LogP contribution in [0.3, 0.4) is 0 Å². The number of ether oxygens (including phenoxy) is 1. The van der Waals surface area contributed by atoms with Crippen LogP contribution >= 0.6 is 0 Å². The van der Waals surface area contributed by atoms with E-state index in [2.05, 4.69) is 42.0 Å². The summed E-state index contributed by atoms with van der Waals surface area (Å²) in [6.07, 6.45) is 13.7. The highest BCUT2D eigenvalue weighted by Gasteiger charge is 2.10. The minimum absolute atomic E-state index is 0.336. The van der Waals surface area contributed by atoms with Gasteiger partial charge in [-0.15, -0.1) is 0 Å². The number of carbonyl (C=O) groups is 1. The molecule has 0 fully saturated rings. The molecule has 0 aromatic heterocycles. The first-order valence-electron chi connectivity index (χ1n) is 10.1. The van der Waals surface area contributed by atoms with Crippen molar-refractivity contribution in [3.63, 3.8) is 0 Å². The van der Waals surface area contributed by atoms with Gasteiger partial charge in [0.15, 0.2) is 0 Å². The van der Waals surface area contributed by atoms with Crippen molar-refractivity contribution in [3.05, 3.63) is 35.9 Å². The summed E-state index contributed by atoms with van der Waals surface area (Å²) in [7, 11) is 0. The van der Waals surface area contributed by atoms with Crippen molar-refractivity contribution >= 4 is 6.16 Å². The summed E-state index contributed by atoms with van der Waals surface area (Å²) in [6.45, 7) is 2.60. The molecule has 0 heterocycles. The molecular formula is C22H36O3. The van der Waals surface area contributed by atoms with Gasteiger partial charge >= 0.3 is 6.16 Å². The third-order valence-electron chi connectivity index (χ3n) is 4.85. The van der Waals surface area contributed by atoms with E-state index in [1.54, 1.807) is 0 Å². The third kappa shape index (κ3) is 11.6. The Hall–Kier alpha value is -1.51. The second-order valence-corrected chi connectivity index (χ2v) is 6.98. The first-order chi connectivity index (χ1) is 12.2. The monoisotopic (exact) mass is 348 g/mol. The van der Waals surface area contributed by atoms with Crippen LogP contribution in [0.15, 0.2) is 30.3 Å². The predicted octanol–water partition coefficient (Wildman–Crippen LogP) is 7.17. The Kier molecular flexibility index (Phi) is 12.7. The molecular weight excluding hydrogens is 312 g/mol. The molecule has 3 heteroatoms. The second-order valence-electron chi connectivity index (χ2n) is 6.98. The molecule has 1 rings (SSSR count). The van der Waals surface area contributed by atoms with Crippen LogP contribution in [0.5, 0.6) is 0 Å². The summed E-state index contributed by atoms with van der Waals surface area (Å²) >= 11 is 0. The minimum Gasteiger partial charge on any atom is -0.450 e. The quantitative estimate of drug-likeness (QED) is 0.270. The van der Waals surface area contributed by atoms with Gasteiger partial charge in [-0.25, -0.2) is 4.79 Å². The normalized spacial score (nSPS) is 12.0. The molecule has 1 aromatic rings. The standard InChI is InChI=1S/C22H36O3/c1-2-3-4-10-15-20(21-17-12-9-13-18-21)16-11-7-5-6-8-14-19-25-22(23)24/h9,12-13,17-18,20H,2-8,10-11,14-16,19H2,1H3,(H,23,24). The fourth-order valence-electron chi connectivity index (χ4n) is 3.38. The number of unbranched alkanes of at least 4 members (excludes halogenated alkanes) is 8. The van der Waals surface area contributed by atoms with E-state index in [4.69, 9.17) is 5.11 Å². The molecule has 3 nitrogen and oxygen atoms in total. The molecule has 1 N–H and O–H groups in total. The van der Waals surface area contributed by atoms with E-state index in [0.29, 0.717) is 12.5 Å². The number of benzene rings is 1. The van der Waals surface area contributed by atoms with Crippen molar-refractivity contribution in [2.75, 3.05) is 6.61 Å². The van der Waals surface area contributed by atoms with Crippen LogP contribution in [-0.4, -0.2) is 17.9 Å². The van der Waals surface area contributed by atoms with Crippen molar-refractivity contribution in [3.8, 4) is 0 Å². The first-order valence-corrected chi connectivity index (χ1v) is 10.1. The molecule has 1 unspecified atom stereocenters. The van der Waals surface area contributed by atoms with E-state index >= 15 is 0 Å². The van der Waals surface area contributed by atoms with Crippen molar-refractivity contribution in [1.29, 1.82) is 0 Å². The van der Waals surface area contributed by atoms with Crippen LogP contribution in [0.2, 0.25) is 0 Å². The van der Waals surface area contributed by atoms with E-state index in [1.165, 1.54) is 69.8 Å². The van der Waals surface area contributed by atoms with Gasteiger partial charge in [0.2, 0.25) is 0 Å². The maximum atomic E-state index is 10.2. The zero-order chi connectivity index (χ0) is 18.2. The Morgan fingerprint density at radius 2 is 1.44 bits per heavy atom. The average molecular weight is 349 g/mol. The van der Waals surface area contributed by atoms with Crippen molar-refractivity contribution < 1.29 is 14.6 Å². The Morgan fingerprint density at radius 3 is 2.04 bits per heavy atom. The molecule has 1 atom stereocenters. The Morgan fingerprint density at radius 1 is 0.880 bits per heavy atom. The maximum Gasteiger partial charge on any atom is 0.505 e. The smallest absolute Gasteiger partial charge is 0.450 e. The van der Waals surface area contributed by atoms with E-state index in [-0.39, 0.29) is 0 Å². The zero-order valence-corrected chi connectivity index (χ0v) is 15.9. The lowest BCUT2D eigenvalue weighted by atomic mass is 9.88. The molecule has 0 aliphatic carbocycles. The maximum absolute atomic E-state index is 10.2. The lowest BCUT2D eigenvalue weighted by molar-refractivity contribution is 0.0899. The number of carboxylic acid groups (broad SMARTS) is 1. The van der Waals surface area contributed by atoms with Crippen LogP contribution in [0, 0.1) is 0 Å². The van der Waals surface area contributed by atoms with Gasteiger partial charge in [-0.05, 0) is 30.7 Å². The molecule has 0 aliphatic heterocycles. The van der Waals surface area contributed by atoms with Gasteiger partial charge in [0.1, 0.15) is 0 Å². The number of rotatable bonds is 15. The highest BCUT2D eigenvalue weighted by Crippen LogP contribution is 2.28. The molecule has 1 aromatic carbocycles. The number of hydrogen-bond donors (Lipinski definition) is 1. The molecule has 0 saturated carbocycles. The van der Waals surface area contributed by atoms with Crippen LogP contribution in [0.25, 0.3) is 0 Å². The minimum atomic E-state index is -1.16. The zero-order valence-electron chi connectivity index (χ0n) is 15.9. The van der Waals surface area contributed by atoms with Crippen molar-refractivity contribution in [1.82, 2.24) is 0 Å². The highest BCUT2D eigenvalue weighted by molar-refractivity contribution is 5.56. The third-order valence-corrected chi connectivity index (χ3v) is 4.85. The van der Waals surface area contributed by atoms with Crippen LogP contribution < -0.4 is 0 Å². The van der Waals surface area contributed by atoms with Crippen LogP contribution in [0.4, 0.5) is 4.79 Å². The van der Waals surface area contributed by atoms with Crippen LogP contribution in [0.1, 0.15) is 95.5 Å². The molecule has 0 amide bonds. The summed E-state index contributed by atoms with van der Waals surface area (Å²) in [6, 6.07) is 11.0. The Bertz CT molecular complexity index is 430. The first kappa shape index (κ1) is 21.5. The molecule has 0 bridgehead atoms. The summed E-state index contributed by atoms with van der Waals surface area (Å²) in [5, 5.41) is 8.40.